The highest BCUT2D eigenvalue weighted by atomic mass is 16.3. The van der Waals surface area contributed by atoms with Gasteiger partial charge in [0.1, 0.15) is 5.60 Å². The average molecular weight is 168 g/mol. The predicted octanol–water partition coefficient (Wildman–Crippen LogP) is 1.09. The van der Waals surface area contributed by atoms with E-state index in [1.807, 2.05) is 13.0 Å². The second kappa shape index (κ2) is 4.97. The van der Waals surface area contributed by atoms with E-state index in [0.717, 1.165) is 5.57 Å². The molecule has 0 aromatic rings. The first-order valence-corrected chi connectivity index (χ1v) is 3.98. The van der Waals surface area contributed by atoms with Crippen LogP contribution in [0.2, 0.25) is 0 Å². The molecule has 0 aliphatic carbocycles. The highest BCUT2D eigenvalue weighted by Crippen LogP contribution is 2.11. The lowest BCUT2D eigenvalue weighted by atomic mass is 10.0. The van der Waals surface area contributed by atoms with E-state index in [-0.39, 0.29) is 6.61 Å². The molecule has 0 radical (unpaired) electrons. The van der Waals surface area contributed by atoms with Gasteiger partial charge in [-0.3, -0.25) is 0 Å². The molecule has 0 fully saturated rings. The van der Waals surface area contributed by atoms with Crippen molar-refractivity contribution in [1.82, 2.24) is 0 Å². The predicted molar refractivity (Wildman–Crippen MR) is 49.5 cm³/mol. The summed E-state index contributed by atoms with van der Waals surface area (Å²) in [5, 5.41) is 18.0. The molecule has 0 aliphatic rings. The molecule has 0 aliphatic heterocycles. The first kappa shape index (κ1) is 11.2. The van der Waals surface area contributed by atoms with Gasteiger partial charge >= 0.3 is 0 Å². The fraction of sp³-hybridized carbons (Fsp3) is 0.600. The normalized spacial score (nSPS) is 16.8. The lowest BCUT2D eigenvalue weighted by molar-refractivity contribution is 0.113. The van der Waals surface area contributed by atoms with Gasteiger partial charge in [0.25, 0.3) is 0 Å². The lowest BCUT2D eigenvalue weighted by Gasteiger charge is -2.14. The van der Waals surface area contributed by atoms with Crippen LogP contribution in [0.25, 0.3) is 0 Å². The van der Waals surface area contributed by atoms with Crippen LogP contribution in [-0.4, -0.2) is 22.4 Å². The summed E-state index contributed by atoms with van der Waals surface area (Å²) in [4.78, 5) is 0. The first-order chi connectivity index (χ1) is 5.52. The Balaban J connectivity index is 3.79. The Labute approximate surface area is 73.9 Å². The average Bonchev–Trinajstić information content (AvgIpc) is 2.04. The molecule has 68 valence electrons. The largest absolute Gasteiger partial charge is 0.392 e. The van der Waals surface area contributed by atoms with Crippen molar-refractivity contribution in [3.63, 3.8) is 0 Å². The molecule has 0 saturated carbocycles. The summed E-state index contributed by atoms with van der Waals surface area (Å²) < 4.78 is 0. The third kappa shape index (κ3) is 4.95. The lowest BCUT2D eigenvalue weighted by Crippen LogP contribution is -2.20. The molecule has 2 N–H and O–H groups in total. The maximum absolute atomic E-state index is 9.38. The van der Waals surface area contributed by atoms with Gasteiger partial charge in [-0.25, -0.2) is 0 Å². The Morgan fingerprint density at radius 3 is 2.67 bits per heavy atom. The maximum Gasteiger partial charge on any atom is 0.122 e. The number of rotatable bonds is 4. The molecule has 0 amide bonds. The molecule has 0 aromatic heterocycles. The minimum Gasteiger partial charge on any atom is -0.392 e. The van der Waals surface area contributed by atoms with Gasteiger partial charge in [-0.05, 0) is 26.7 Å². The van der Waals surface area contributed by atoms with Gasteiger partial charge in [0.15, 0.2) is 0 Å². The molecule has 12 heavy (non-hydrogen) atoms. The van der Waals surface area contributed by atoms with Crippen LogP contribution in [-0.2, 0) is 0 Å². The van der Waals surface area contributed by atoms with Gasteiger partial charge in [0.2, 0.25) is 0 Å². The number of hydrogen-bond acceptors (Lipinski definition) is 2. The van der Waals surface area contributed by atoms with E-state index < -0.39 is 5.60 Å². The number of hydrogen-bond donors (Lipinski definition) is 2. The molecule has 1 atom stereocenters. The number of allylic oxidation sites excluding steroid dienone is 1. The van der Waals surface area contributed by atoms with Gasteiger partial charge in [0, 0.05) is 0 Å². The van der Waals surface area contributed by atoms with E-state index in [1.54, 1.807) is 6.92 Å². The van der Waals surface area contributed by atoms with Crippen molar-refractivity contribution < 1.29 is 10.2 Å². The molecular formula is C10H16O2. The quantitative estimate of drug-likeness (QED) is 0.487. The van der Waals surface area contributed by atoms with E-state index in [1.165, 1.54) is 0 Å². The second-order valence-electron chi connectivity index (χ2n) is 3.17. The van der Waals surface area contributed by atoms with E-state index in [9.17, 15) is 5.11 Å². The van der Waals surface area contributed by atoms with E-state index >= 15 is 0 Å². The Hall–Kier alpha value is -0.780. The molecule has 0 saturated heterocycles. The monoisotopic (exact) mass is 168 g/mol. The van der Waals surface area contributed by atoms with Crippen molar-refractivity contribution in [1.29, 1.82) is 0 Å². The SMILES string of the molecule is C#C[C@](C)(O)CC/C=C(\C)CO. The van der Waals surface area contributed by atoms with Gasteiger partial charge in [0.05, 0.1) is 6.61 Å². The van der Waals surface area contributed by atoms with E-state index in [4.69, 9.17) is 11.5 Å². The summed E-state index contributed by atoms with van der Waals surface area (Å²) in [5.41, 5.74) is -0.116. The van der Waals surface area contributed by atoms with Gasteiger partial charge in [-0.15, -0.1) is 6.42 Å². The molecule has 0 spiro atoms. The minimum atomic E-state index is -1.02. The Morgan fingerprint density at radius 1 is 1.67 bits per heavy atom. The molecule has 0 aromatic carbocycles. The summed E-state index contributed by atoms with van der Waals surface area (Å²) in [6.45, 7) is 3.51. The van der Waals surface area contributed by atoms with Crippen LogP contribution in [0.5, 0.6) is 0 Å². The van der Waals surface area contributed by atoms with Crippen molar-refractivity contribution >= 4 is 0 Å². The van der Waals surface area contributed by atoms with Crippen LogP contribution in [0.3, 0.4) is 0 Å². The highest BCUT2D eigenvalue weighted by Gasteiger charge is 2.14. The Morgan fingerprint density at radius 2 is 2.25 bits per heavy atom. The Kier molecular flexibility index (Phi) is 4.65. The maximum atomic E-state index is 9.38. The zero-order valence-corrected chi connectivity index (χ0v) is 7.67. The van der Waals surface area contributed by atoms with Crippen LogP contribution in [0.1, 0.15) is 26.7 Å². The summed E-state index contributed by atoms with van der Waals surface area (Å²) >= 11 is 0. The third-order valence-corrected chi connectivity index (χ3v) is 1.68. The summed E-state index contributed by atoms with van der Waals surface area (Å²) in [6, 6.07) is 0. The Bertz CT molecular complexity index is 196. The zero-order valence-electron chi connectivity index (χ0n) is 7.67. The van der Waals surface area contributed by atoms with E-state index in [2.05, 4.69) is 5.92 Å². The standard InChI is InChI=1S/C10H16O2/c1-4-10(3,12)7-5-6-9(2)8-11/h1,6,11-12H,5,7-8H2,2-3H3/b9-6+/t10-/m0/s1. The fourth-order valence-corrected chi connectivity index (χ4v) is 0.736. The number of terminal acetylenes is 1. The number of aliphatic hydroxyl groups excluding tert-OH is 1. The molecule has 0 unspecified atom stereocenters. The molecule has 2 nitrogen and oxygen atoms in total. The van der Waals surface area contributed by atoms with E-state index in [0.29, 0.717) is 12.8 Å². The van der Waals surface area contributed by atoms with Gasteiger partial charge < -0.3 is 10.2 Å². The van der Waals surface area contributed by atoms with Crippen LogP contribution in [0.4, 0.5) is 0 Å². The van der Waals surface area contributed by atoms with Crippen LogP contribution in [0, 0.1) is 12.3 Å². The second-order valence-corrected chi connectivity index (χ2v) is 3.17. The topological polar surface area (TPSA) is 40.5 Å². The van der Waals surface area contributed by atoms with Crippen molar-refractivity contribution in [2.45, 2.75) is 32.3 Å². The highest BCUT2D eigenvalue weighted by molar-refractivity contribution is 5.06. The van der Waals surface area contributed by atoms with Gasteiger partial charge in [-0.1, -0.05) is 17.6 Å². The summed E-state index contributed by atoms with van der Waals surface area (Å²) in [6.07, 6.45) is 8.19. The molecule has 0 heterocycles. The van der Waals surface area contributed by atoms with Crippen molar-refractivity contribution in [2.75, 3.05) is 6.61 Å². The summed E-state index contributed by atoms with van der Waals surface area (Å²) in [7, 11) is 0. The van der Waals surface area contributed by atoms with Crippen molar-refractivity contribution in [3.8, 4) is 12.3 Å². The summed E-state index contributed by atoms with van der Waals surface area (Å²) in [5.74, 6) is 2.30. The van der Waals surface area contributed by atoms with Gasteiger partial charge in [-0.2, -0.15) is 0 Å². The van der Waals surface area contributed by atoms with Crippen molar-refractivity contribution in [2.24, 2.45) is 0 Å². The smallest absolute Gasteiger partial charge is 0.122 e. The number of aliphatic hydroxyl groups is 2. The third-order valence-electron chi connectivity index (χ3n) is 1.68. The molecule has 2 heteroatoms. The molecule has 0 rings (SSSR count). The van der Waals surface area contributed by atoms with Crippen molar-refractivity contribution in [3.05, 3.63) is 11.6 Å². The van der Waals surface area contributed by atoms with Crippen LogP contribution < -0.4 is 0 Å². The first-order valence-electron chi connectivity index (χ1n) is 3.98. The van der Waals surface area contributed by atoms with Crippen LogP contribution in [0.15, 0.2) is 11.6 Å². The fourth-order valence-electron chi connectivity index (χ4n) is 0.736. The zero-order chi connectivity index (χ0) is 9.61. The van der Waals surface area contributed by atoms with Crippen LogP contribution >= 0.6 is 0 Å². The molecule has 0 bridgehead atoms. The minimum absolute atomic E-state index is 0.0677. The molecular weight excluding hydrogens is 152 g/mol.